The van der Waals surface area contributed by atoms with Crippen LogP contribution in [0.5, 0.6) is 0 Å². The lowest BCUT2D eigenvalue weighted by Gasteiger charge is -2.33. The summed E-state index contributed by atoms with van der Waals surface area (Å²) in [5, 5.41) is 56.7. The summed E-state index contributed by atoms with van der Waals surface area (Å²) in [5.41, 5.74) is 0. The van der Waals surface area contributed by atoms with Gasteiger partial charge in [-0.3, -0.25) is 33.6 Å². The highest BCUT2D eigenvalue weighted by atomic mass is 16.6. The van der Waals surface area contributed by atoms with Gasteiger partial charge in [0.15, 0.2) is 5.78 Å². The second kappa shape index (κ2) is 24.5. The Balaban J connectivity index is 5.85. The van der Waals surface area contributed by atoms with Gasteiger partial charge in [0.05, 0.1) is 43.6 Å². The van der Waals surface area contributed by atoms with Crippen molar-refractivity contribution in [2.24, 2.45) is 23.7 Å². The zero-order valence-corrected chi connectivity index (χ0v) is 29.1. The van der Waals surface area contributed by atoms with Crippen LogP contribution in [0.25, 0.3) is 0 Å². The minimum atomic E-state index is -1.56. The Labute approximate surface area is 287 Å². The molecule has 6 N–H and O–H groups in total. The topological polar surface area (TPSA) is 259 Å². The number of carboxylic acids is 4. The molecule has 0 aromatic rings. The fourth-order valence-corrected chi connectivity index (χ4v) is 5.51. The Kier molecular flexibility index (Phi) is 22.7. The molecule has 0 radical (unpaired) electrons. The summed E-state index contributed by atoms with van der Waals surface area (Å²) in [6.45, 7) is 6.85. The minimum Gasteiger partial charge on any atom is -0.481 e. The van der Waals surface area contributed by atoms with Gasteiger partial charge in [0.1, 0.15) is 18.3 Å². The molecule has 49 heavy (non-hydrogen) atoms. The van der Waals surface area contributed by atoms with Crippen molar-refractivity contribution in [1.29, 1.82) is 0 Å². The quantitative estimate of drug-likeness (QED) is 0.0477. The van der Waals surface area contributed by atoms with E-state index in [-0.39, 0.29) is 18.8 Å². The molecule has 0 amide bonds. The molecule has 0 aromatic heterocycles. The largest absolute Gasteiger partial charge is 0.481 e. The van der Waals surface area contributed by atoms with Crippen molar-refractivity contribution >= 4 is 41.6 Å². The van der Waals surface area contributed by atoms with Crippen molar-refractivity contribution in [3.8, 4) is 0 Å². The van der Waals surface area contributed by atoms with Gasteiger partial charge in [-0.1, -0.05) is 65.7 Å². The predicted molar refractivity (Wildman–Crippen MR) is 173 cm³/mol. The van der Waals surface area contributed by atoms with E-state index < -0.39 is 109 Å². The highest BCUT2D eigenvalue weighted by molar-refractivity contribution is 5.84. The number of carbonyl (C=O) groups is 7. The molecule has 8 atom stereocenters. The van der Waals surface area contributed by atoms with Crippen LogP contribution < -0.4 is 0 Å². The zero-order valence-electron chi connectivity index (χ0n) is 29.1. The van der Waals surface area contributed by atoms with Crippen LogP contribution >= 0.6 is 0 Å². The van der Waals surface area contributed by atoms with Crippen LogP contribution in [0, 0.1) is 23.7 Å². The van der Waals surface area contributed by atoms with Crippen LogP contribution in [0.4, 0.5) is 0 Å². The number of aliphatic carboxylic acids is 4. The number of ether oxygens (including phenoxy) is 2. The van der Waals surface area contributed by atoms with Crippen molar-refractivity contribution in [2.45, 2.75) is 148 Å². The van der Waals surface area contributed by atoms with E-state index >= 15 is 0 Å². The van der Waals surface area contributed by atoms with Crippen molar-refractivity contribution in [2.75, 3.05) is 0 Å². The molecule has 0 saturated carbocycles. The first-order chi connectivity index (χ1) is 22.9. The highest BCUT2D eigenvalue weighted by Crippen LogP contribution is 2.29. The number of aliphatic hydroxyl groups excluding tert-OH is 2. The second-order valence-electron chi connectivity index (χ2n) is 13.1. The zero-order chi connectivity index (χ0) is 37.7. The normalized spacial score (nSPS) is 16.2. The molecule has 0 aliphatic rings. The molecule has 0 aliphatic heterocycles. The molecule has 282 valence electrons. The summed E-state index contributed by atoms with van der Waals surface area (Å²) in [6.07, 6.45) is -1.03. The molecule has 0 saturated heterocycles. The standard InChI is InChI=1S/C34H56O15/c1-5-6-12-21(3)32(49-31(43)18-24(34(46)47)16-29(40)41)27(48-30(42)17-23(33(44)45)15-28(38)39)14-20(2)11-9-7-8-10-13-25(36)19-26(37)22(4)35/h20-21,23-27,32,36-37H,5-19H2,1-4H3,(H,38,39)(H,40,41)(H,44,45)(H,46,47)/t20-,21+,23+,24+,25+,26-,27-,32+/m0/s1. The number of Topliss-reactive ketones (excluding diaryl/α,β-unsaturated/α-hetero) is 1. The van der Waals surface area contributed by atoms with Gasteiger partial charge < -0.3 is 40.1 Å². The summed E-state index contributed by atoms with van der Waals surface area (Å²) in [6, 6.07) is 0. The number of rotatable bonds is 29. The van der Waals surface area contributed by atoms with Crippen LogP contribution in [-0.2, 0) is 43.0 Å². The van der Waals surface area contributed by atoms with Gasteiger partial charge in [0.2, 0.25) is 0 Å². The van der Waals surface area contributed by atoms with Crippen LogP contribution in [-0.4, -0.2) is 96.7 Å². The monoisotopic (exact) mass is 704 g/mol. The van der Waals surface area contributed by atoms with Gasteiger partial charge in [-0.05, 0) is 38.0 Å². The molecule has 0 aromatic carbocycles. The molecule has 15 nitrogen and oxygen atoms in total. The van der Waals surface area contributed by atoms with E-state index in [1.54, 1.807) is 6.92 Å². The third-order valence-corrected chi connectivity index (χ3v) is 8.44. The lowest BCUT2D eigenvalue weighted by atomic mass is 9.87. The van der Waals surface area contributed by atoms with Crippen LogP contribution in [0.1, 0.15) is 124 Å². The van der Waals surface area contributed by atoms with Gasteiger partial charge in [-0.15, -0.1) is 0 Å². The van der Waals surface area contributed by atoms with Crippen molar-refractivity contribution in [3.63, 3.8) is 0 Å². The maximum Gasteiger partial charge on any atom is 0.307 e. The van der Waals surface area contributed by atoms with Gasteiger partial charge in [-0.25, -0.2) is 0 Å². The van der Waals surface area contributed by atoms with E-state index in [4.69, 9.17) is 19.7 Å². The number of hydrogen-bond donors (Lipinski definition) is 6. The van der Waals surface area contributed by atoms with Gasteiger partial charge in [0, 0.05) is 6.42 Å². The fraction of sp³-hybridized carbons (Fsp3) is 0.794. The van der Waals surface area contributed by atoms with Crippen LogP contribution in [0.15, 0.2) is 0 Å². The predicted octanol–water partition coefficient (Wildman–Crippen LogP) is 3.84. The maximum absolute atomic E-state index is 13.0. The molecule has 0 bridgehead atoms. The molecule has 0 unspecified atom stereocenters. The number of aliphatic hydroxyl groups is 2. The molecule has 0 spiro atoms. The van der Waals surface area contributed by atoms with Crippen LogP contribution in [0.3, 0.4) is 0 Å². The van der Waals surface area contributed by atoms with Crippen molar-refractivity contribution in [1.82, 2.24) is 0 Å². The number of esters is 2. The summed E-state index contributed by atoms with van der Waals surface area (Å²) in [4.78, 5) is 82.7. The summed E-state index contributed by atoms with van der Waals surface area (Å²) in [7, 11) is 0. The average molecular weight is 705 g/mol. The second-order valence-corrected chi connectivity index (χ2v) is 13.1. The number of carboxylic acid groups (broad SMARTS) is 4. The molecule has 0 aliphatic carbocycles. The smallest absolute Gasteiger partial charge is 0.307 e. The Bertz CT molecular complexity index is 1070. The summed E-state index contributed by atoms with van der Waals surface area (Å²) < 4.78 is 11.5. The Morgan fingerprint density at radius 2 is 1.10 bits per heavy atom. The number of carbonyl (C=O) groups excluding carboxylic acids is 3. The molecule has 15 heteroatoms. The van der Waals surface area contributed by atoms with E-state index in [9.17, 15) is 54.0 Å². The number of hydrogen-bond acceptors (Lipinski definition) is 11. The molecule has 0 fully saturated rings. The SMILES string of the molecule is CCCC[C@@H](C)[C@@H](OC(=O)C[C@@H](CC(=O)O)C(=O)O)[C@H](C[C@@H](C)CCCCCC[C@@H](O)C[C@H](O)C(C)=O)OC(=O)C[C@@H](CC(=O)O)C(=O)O. The van der Waals surface area contributed by atoms with Crippen molar-refractivity contribution < 1.29 is 73.7 Å². The summed E-state index contributed by atoms with van der Waals surface area (Å²) in [5.74, 6) is -11.8. The highest BCUT2D eigenvalue weighted by Gasteiger charge is 2.37. The van der Waals surface area contributed by atoms with Crippen molar-refractivity contribution in [3.05, 3.63) is 0 Å². The third kappa shape index (κ3) is 21.2. The number of unbranched alkanes of at least 4 members (excludes halogenated alkanes) is 4. The van der Waals surface area contributed by atoms with E-state index in [1.807, 2.05) is 13.8 Å². The Hall–Kier alpha value is -3.59. The maximum atomic E-state index is 13.0. The summed E-state index contributed by atoms with van der Waals surface area (Å²) >= 11 is 0. The fourth-order valence-electron chi connectivity index (χ4n) is 5.51. The minimum absolute atomic E-state index is 0.0189. The molecule has 0 rings (SSSR count). The van der Waals surface area contributed by atoms with Gasteiger partial charge in [0.25, 0.3) is 0 Å². The van der Waals surface area contributed by atoms with Gasteiger partial charge in [-0.2, -0.15) is 0 Å². The first-order valence-corrected chi connectivity index (χ1v) is 17.0. The first-order valence-electron chi connectivity index (χ1n) is 17.0. The van der Waals surface area contributed by atoms with E-state index in [0.29, 0.717) is 32.1 Å². The Morgan fingerprint density at radius 3 is 1.55 bits per heavy atom. The lowest BCUT2D eigenvalue weighted by Crippen LogP contribution is -2.42. The molecular formula is C34H56O15. The van der Waals surface area contributed by atoms with E-state index in [0.717, 1.165) is 25.7 Å². The lowest BCUT2D eigenvalue weighted by molar-refractivity contribution is -0.177. The van der Waals surface area contributed by atoms with E-state index in [1.165, 1.54) is 6.92 Å². The third-order valence-electron chi connectivity index (χ3n) is 8.44. The molecule has 0 heterocycles. The van der Waals surface area contributed by atoms with Crippen LogP contribution in [0.2, 0.25) is 0 Å². The van der Waals surface area contributed by atoms with E-state index in [2.05, 4.69) is 0 Å². The number of ketones is 1. The molecular weight excluding hydrogens is 648 g/mol. The average Bonchev–Trinajstić information content (AvgIpc) is 2.98. The first kappa shape index (κ1) is 45.4. The van der Waals surface area contributed by atoms with Gasteiger partial charge >= 0.3 is 35.8 Å². The Morgan fingerprint density at radius 1 is 0.612 bits per heavy atom.